The summed E-state index contributed by atoms with van der Waals surface area (Å²) in [5, 5.41) is 4.37. The number of anilines is 1. The van der Waals surface area contributed by atoms with Crippen LogP contribution in [0, 0.1) is 6.92 Å². The van der Waals surface area contributed by atoms with E-state index in [2.05, 4.69) is 26.3 Å². The van der Waals surface area contributed by atoms with Gasteiger partial charge in [0.05, 0.1) is 17.5 Å². The van der Waals surface area contributed by atoms with Crippen molar-refractivity contribution >= 4 is 16.7 Å². The molecule has 5 rings (SSSR count). The molecule has 0 saturated carbocycles. The second-order valence-corrected chi connectivity index (χ2v) is 6.39. The molecule has 3 heterocycles. The maximum atomic E-state index is 5.44. The maximum absolute atomic E-state index is 5.44. The van der Waals surface area contributed by atoms with Crippen LogP contribution in [0.3, 0.4) is 0 Å². The van der Waals surface area contributed by atoms with Gasteiger partial charge in [-0.2, -0.15) is 0 Å². The van der Waals surface area contributed by atoms with Crippen molar-refractivity contribution < 1.29 is 9.47 Å². The Morgan fingerprint density at radius 3 is 2.85 bits per heavy atom. The minimum absolute atomic E-state index is 0.277. The molecule has 0 bridgehead atoms. The fraction of sp³-hybridized carbons (Fsp3) is 0.150. The summed E-state index contributed by atoms with van der Waals surface area (Å²) in [6.45, 7) is 2.87. The molecule has 134 valence electrons. The Bertz CT molecular complexity index is 1140. The first-order chi connectivity index (χ1) is 13.3. The lowest BCUT2D eigenvalue weighted by Crippen LogP contribution is -2.03. The van der Waals surface area contributed by atoms with Crippen molar-refractivity contribution in [1.82, 2.24) is 19.5 Å². The van der Waals surface area contributed by atoms with E-state index in [0.29, 0.717) is 6.54 Å². The number of imidazole rings is 1. The van der Waals surface area contributed by atoms with Gasteiger partial charge in [0.15, 0.2) is 11.5 Å². The average molecular weight is 359 g/mol. The van der Waals surface area contributed by atoms with Gasteiger partial charge in [0.1, 0.15) is 12.1 Å². The molecule has 0 aliphatic carbocycles. The quantitative estimate of drug-likeness (QED) is 0.601. The number of nitrogens with one attached hydrogen (secondary N) is 1. The van der Waals surface area contributed by atoms with E-state index in [4.69, 9.17) is 9.47 Å². The minimum atomic E-state index is 0.277. The molecule has 7 nitrogen and oxygen atoms in total. The molecule has 27 heavy (non-hydrogen) atoms. The molecule has 0 saturated heterocycles. The van der Waals surface area contributed by atoms with Gasteiger partial charge in [-0.05, 0) is 42.8 Å². The van der Waals surface area contributed by atoms with Crippen molar-refractivity contribution in [2.45, 2.75) is 13.5 Å². The van der Waals surface area contributed by atoms with Gasteiger partial charge in [0.25, 0.3) is 0 Å². The normalized spacial score (nSPS) is 12.5. The van der Waals surface area contributed by atoms with Gasteiger partial charge in [0.2, 0.25) is 6.79 Å². The van der Waals surface area contributed by atoms with Crippen LogP contribution < -0.4 is 14.8 Å². The number of benzene rings is 2. The molecular weight excluding hydrogens is 342 g/mol. The second kappa shape index (κ2) is 6.28. The standard InChI is InChI=1S/C20H17N5O2/c1-13-9-25(11-24-13)15-3-4-17-16(7-15)20(23-10-22-17)21-8-14-2-5-18-19(6-14)27-12-26-18/h2-7,9-11H,8,12H2,1H3,(H,21,22,23). The van der Waals surface area contributed by atoms with Gasteiger partial charge < -0.3 is 19.4 Å². The number of rotatable bonds is 4. The van der Waals surface area contributed by atoms with Gasteiger partial charge in [-0.15, -0.1) is 0 Å². The van der Waals surface area contributed by atoms with Crippen LogP contribution in [-0.2, 0) is 6.54 Å². The summed E-state index contributed by atoms with van der Waals surface area (Å²) in [6.07, 6.45) is 5.37. The van der Waals surface area contributed by atoms with Crippen molar-refractivity contribution in [2.75, 3.05) is 12.1 Å². The molecule has 1 N–H and O–H groups in total. The zero-order valence-corrected chi connectivity index (χ0v) is 14.7. The van der Waals surface area contributed by atoms with E-state index in [1.807, 2.05) is 48.0 Å². The third-order valence-corrected chi connectivity index (χ3v) is 4.53. The van der Waals surface area contributed by atoms with Crippen LogP contribution in [0.15, 0.2) is 55.2 Å². The summed E-state index contributed by atoms with van der Waals surface area (Å²) in [5.41, 5.74) is 3.97. The molecule has 0 atom stereocenters. The van der Waals surface area contributed by atoms with Crippen molar-refractivity contribution in [3.05, 3.63) is 66.5 Å². The summed E-state index contributed by atoms with van der Waals surface area (Å²) < 4.78 is 12.8. The minimum Gasteiger partial charge on any atom is -0.454 e. The zero-order valence-electron chi connectivity index (χ0n) is 14.7. The van der Waals surface area contributed by atoms with Crippen LogP contribution in [0.4, 0.5) is 5.82 Å². The number of hydrogen-bond donors (Lipinski definition) is 1. The topological polar surface area (TPSA) is 74.1 Å². The molecule has 2 aromatic heterocycles. The molecule has 1 aliphatic heterocycles. The Labute approximate surface area is 155 Å². The summed E-state index contributed by atoms with van der Waals surface area (Å²) in [7, 11) is 0. The molecule has 2 aromatic carbocycles. The van der Waals surface area contributed by atoms with Crippen molar-refractivity contribution in [2.24, 2.45) is 0 Å². The Hall–Kier alpha value is -3.61. The van der Waals surface area contributed by atoms with E-state index in [0.717, 1.165) is 45.2 Å². The van der Waals surface area contributed by atoms with Gasteiger partial charge in [0, 0.05) is 23.8 Å². The molecule has 1 aliphatic rings. The molecule has 0 radical (unpaired) electrons. The van der Waals surface area contributed by atoms with E-state index in [1.165, 1.54) is 0 Å². The SMILES string of the molecule is Cc1cn(-c2ccc3ncnc(NCc4ccc5c(c4)OCO5)c3c2)cn1. The molecule has 0 spiro atoms. The smallest absolute Gasteiger partial charge is 0.231 e. The van der Waals surface area contributed by atoms with Crippen LogP contribution >= 0.6 is 0 Å². The number of hydrogen-bond acceptors (Lipinski definition) is 6. The fourth-order valence-corrected chi connectivity index (χ4v) is 3.15. The Morgan fingerprint density at radius 1 is 1.04 bits per heavy atom. The first kappa shape index (κ1) is 15.6. The van der Waals surface area contributed by atoms with Crippen LogP contribution in [0.2, 0.25) is 0 Å². The van der Waals surface area contributed by atoms with E-state index in [-0.39, 0.29) is 6.79 Å². The van der Waals surface area contributed by atoms with Crippen molar-refractivity contribution in [3.8, 4) is 17.2 Å². The van der Waals surface area contributed by atoms with E-state index in [1.54, 1.807) is 12.7 Å². The summed E-state index contributed by atoms with van der Waals surface area (Å²) in [5.74, 6) is 2.35. The number of nitrogens with zero attached hydrogens (tertiary/aromatic N) is 4. The lowest BCUT2D eigenvalue weighted by molar-refractivity contribution is 0.174. The largest absolute Gasteiger partial charge is 0.454 e. The molecule has 0 amide bonds. The molecule has 0 unspecified atom stereocenters. The van der Waals surface area contributed by atoms with Crippen molar-refractivity contribution in [1.29, 1.82) is 0 Å². The predicted octanol–water partition coefficient (Wildman–Crippen LogP) is 3.46. The van der Waals surface area contributed by atoms with Gasteiger partial charge in [-0.25, -0.2) is 15.0 Å². The van der Waals surface area contributed by atoms with Crippen LogP contribution in [-0.4, -0.2) is 26.3 Å². The van der Waals surface area contributed by atoms with Crippen LogP contribution in [0.1, 0.15) is 11.3 Å². The lowest BCUT2D eigenvalue weighted by Gasteiger charge is -2.10. The monoisotopic (exact) mass is 359 g/mol. The third-order valence-electron chi connectivity index (χ3n) is 4.53. The summed E-state index contributed by atoms with van der Waals surface area (Å²) in [6, 6.07) is 12.0. The molecular formula is C20H17N5O2. The summed E-state index contributed by atoms with van der Waals surface area (Å²) in [4.78, 5) is 13.1. The van der Waals surface area contributed by atoms with Gasteiger partial charge >= 0.3 is 0 Å². The van der Waals surface area contributed by atoms with Crippen LogP contribution in [0.25, 0.3) is 16.6 Å². The molecule has 0 fully saturated rings. The average Bonchev–Trinajstić information content (AvgIpc) is 3.34. The number of ether oxygens (including phenoxy) is 2. The third kappa shape index (κ3) is 2.93. The Balaban J connectivity index is 1.45. The fourth-order valence-electron chi connectivity index (χ4n) is 3.15. The highest BCUT2D eigenvalue weighted by Crippen LogP contribution is 2.32. The van der Waals surface area contributed by atoms with Crippen LogP contribution in [0.5, 0.6) is 11.5 Å². The maximum Gasteiger partial charge on any atom is 0.231 e. The van der Waals surface area contributed by atoms with E-state index in [9.17, 15) is 0 Å². The Kier molecular flexibility index (Phi) is 3.64. The lowest BCUT2D eigenvalue weighted by atomic mass is 10.2. The van der Waals surface area contributed by atoms with E-state index < -0.39 is 0 Å². The van der Waals surface area contributed by atoms with Gasteiger partial charge in [-0.3, -0.25) is 0 Å². The zero-order chi connectivity index (χ0) is 18.2. The highest BCUT2D eigenvalue weighted by atomic mass is 16.7. The second-order valence-electron chi connectivity index (χ2n) is 6.39. The number of aromatic nitrogens is 4. The Morgan fingerprint density at radius 2 is 1.96 bits per heavy atom. The molecule has 7 heteroatoms. The molecule has 4 aromatic rings. The highest BCUT2D eigenvalue weighted by molar-refractivity contribution is 5.90. The predicted molar refractivity (Wildman–Crippen MR) is 101 cm³/mol. The van der Waals surface area contributed by atoms with Crippen molar-refractivity contribution in [3.63, 3.8) is 0 Å². The number of aryl methyl sites for hydroxylation is 1. The highest BCUT2D eigenvalue weighted by Gasteiger charge is 2.13. The van der Waals surface area contributed by atoms with Gasteiger partial charge in [-0.1, -0.05) is 6.07 Å². The first-order valence-electron chi connectivity index (χ1n) is 8.64. The first-order valence-corrected chi connectivity index (χ1v) is 8.64. The number of fused-ring (bicyclic) bond motifs is 2. The van der Waals surface area contributed by atoms with E-state index >= 15 is 0 Å². The summed E-state index contributed by atoms with van der Waals surface area (Å²) >= 11 is 0.